The van der Waals surface area contributed by atoms with Crippen molar-refractivity contribution in [2.75, 3.05) is 26.3 Å². The van der Waals surface area contributed by atoms with Crippen LogP contribution in [-0.4, -0.2) is 59.5 Å². The van der Waals surface area contributed by atoms with Crippen molar-refractivity contribution in [3.8, 4) is 11.8 Å². The van der Waals surface area contributed by atoms with E-state index in [1.165, 1.54) is 11.3 Å². The van der Waals surface area contributed by atoms with E-state index in [9.17, 15) is 9.90 Å². The second-order valence-corrected chi connectivity index (χ2v) is 5.85. The minimum Gasteiger partial charge on any atom is -0.395 e. The normalized spacial score (nSPS) is 21.8. The number of morpholine rings is 1. The molecule has 0 aliphatic carbocycles. The molecule has 1 fully saturated rings. The molecule has 0 spiro atoms. The largest absolute Gasteiger partial charge is 0.395 e. The van der Waals surface area contributed by atoms with Crippen molar-refractivity contribution >= 4 is 17.2 Å². The zero-order valence-corrected chi connectivity index (χ0v) is 12.7. The Morgan fingerprint density at radius 1 is 1.52 bits per heavy atom. The van der Waals surface area contributed by atoms with Gasteiger partial charge in [0.1, 0.15) is 0 Å². The summed E-state index contributed by atoms with van der Waals surface area (Å²) in [5, 5.41) is 19.7. The van der Waals surface area contributed by atoms with E-state index in [2.05, 4.69) is 11.8 Å². The molecule has 0 saturated carbocycles. The van der Waals surface area contributed by atoms with E-state index in [0.29, 0.717) is 25.1 Å². The van der Waals surface area contributed by atoms with Gasteiger partial charge in [0.15, 0.2) is 0 Å². The molecule has 2 rings (SSSR count). The molecule has 1 amide bonds. The van der Waals surface area contributed by atoms with Crippen LogP contribution in [0.1, 0.15) is 28.6 Å². The lowest BCUT2D eigenvalue weighted by molar-refractivity contribution is -0.0858. The van der Waals surface area contributed by atoms with Crippen molar-refractivity contribution in [2.24, 2.45) is 0 Å². The Hall–Kier alpha value is -1.39. The highest BCUT2D eigenvalue weighted by molar-refractivity contribution is 7.10. The van der Waals surface area contributed by atoms with Crippen molar-refractivity contribution in [3.05, 3.63) is 21.9 Å². The maximum absolute atomic E-state index is 12.5. The van der Waals surface area contributed by atoms with E-state index in [0.717, 1.165) is 4.88 Å². The molecule has 2 N–H and O–H groups in total. The zero-order valence-electron chi connectivity index (χ0n) is 11.9. The second kappa shape index (κ2) is 7.57. The SMILES string of the molecule is CC1CN(C(=O)c2csc(C#CCCO)c2)CC(CO)O1. The molecule has 1 aromatic heterocycles. The fourth-order valence-electron chi connectivity index (χ4n) is 2.21. The van der Waals surface area contributed by atoms with Crippen LogP contribution in [0.3, 0.4) is 0 Å². The molecule has 2 atom stereocenters. The van der Waals surface area contributed by atoms with E-state index in [1.807, 2.05) is 6.92 Å². The van der Waals surface area contributed by atoms with Gasteiger partial charge in [-0.1, -0.05) is 11.8 Å². The van der Waals surface area contributed by atoms with Crippen LogP contribution in [0.2, 0.25) is 0 Å². The molecular weight excluding hydrogens is 290 g/mol. The number of aliphatic hydroxyl groups is 2. The van der Waals surface area contributed by atoms with Crippen LogP contribution in [0.5, 0.6) is 0 Å². The molecule has 6 heteroatoms. The average Bonchev–Trinajstić information content (AvgIpc) is 2.95. The first-order valence-corrected chi connectivity index (χ1v) is 7.76. The summed E-state index contributed by atoms with van der Waals surface area (Å²) in [5.41, 5.74) is 0.610. The van der Waals surface area contributed by atoms with E-state index < -0.39 is 0 Å². The Morgan fingerprint density at radius 2 is 2.33 bits per heavy atom. The maximum Gasteiger partial charge on any atom is 0.254 e. The fourth-order valence-corrected chi connectivity index (χ4v) is 2.96. The molecule has 1 aliphatic heterocycles. The van der Waals surface area contributed by atoms with Gasteiger partial charge in [0.25, 0.3) is 5.91 Å². The molecule has 2 unspecified atom stereocenters. The lowest BCUT2D eigenvalue weighted by Crippen LogP contribution is -2.50. The van der Waals surface area contributed by atoms with Gasteiger partial charge in [-0.05, 0) is 13.0 Å². The number of thiophene rings is 1. The first-order chi connectivity index (χ1) is 10.1. The number of rotatable bonds is 3. The molecule has 1 aromatic rings. The van der Waals surface area contributed by atoms with Crippen LogP contribution in [0, 0.1) is 11.8 Å². The predicted molar refractivity (Wildman–Crippen MR) is 80.2 cm³/mol. The van der Waals surface area contributed by atoms with Gasteiger partial charge in [0, 0.05) is 24.9 Å². The number of hydrogen-bond donors (Lipinski definition) is 2. The molecule has 0 aromatic carbocycles. The van der Waals surface area contributed by atoms with Crippen molar-refractivity contribution in [1.29, 1.82) is 0 Å². The minimum absolute atomic E-state index is 0.0401. The first-order valence-electron chi connectivity index (χ1n) is 6.88. The summed E-state index contributed by atoms with van der Waals surface area (Å²) in [7, 11) is 0. The van der Waals surface area contributed by atoms with Crippen molar-refractivity contribution in [3.63, 3.8) is 0 Å². The molecule has 21 heavy (non-hydrogen) atoms. The summed E-state index contributed by atoms with van der Waals surface area (Å²) in [6.45, 7) is 2.77. The van der Waals surface area contributed by atoms with E-state index in [4.69, 9.17) is 9.84 Å². The van der Waals surface area contributed by atoms with Gasteiger partial charge in [-0.2, -0.15) is 0 Å². The minimum atomic E-state index is -0.319. The number of ether oxygens (including phenoxy) is 1. The highest BCUT2D eigenvalue weighted by Gasteiger charge is 2.28. The lowest BCUT2D eigenvalue weighted by atomic mass is 10.2. The number of carbonyl (C=O) groups excluding carboxylic acids is 1. The van der Waals surface area contributed by atoms with E-state index >= 15 is 0 Å². The molecule has 1 aliphatic rings. The van der Waals surface area contributed by atoms with Gasteiger partial charge in [-0.3, -0.25) is 4.79 Å². The van der Waals surface area contributed by atoms with Crippen molar-refractivity contribution < 1.29 is 19.7 Å². The Bertz CT molecular complexity index is 545. The standard InChI is InChI=1S/C15H19NO4S/c1-11-7-16(8-13(9-18)20-11)15(19)12-6-14(21-10-12)4-2-3-5-17/h6,10-11,13,17-18H,3,5,7-9H2,1H3. The molecule has 2 heterocycles. The van der Waals surface area contributed by atoms with Gasteiger partial charge in [-0.15, -0.1) is 11.3 Å². The van der Waals surface area contributed by atoms with Crippen LogP contribution in [0.25, 0.3) is 0 Å². The third-order valence-electron chi connectivity index (χ3n) is 3.11. The van der Waals surface area contributed by atoms with Gasteiger partial charge < -0.3 is 19.8 Å². The third kappa shape index (κ3) is 4.29. The number of aliphatic hydroxyl groups excluding tert-OH is 2. The third-order valence-corrected chi connectivity index (χ3v) is 3.96. The number of carbonyl (C=O) groups is 1. The van der Waals surface area contributed by atoms with Crippen LogP contribution in [0.4, 0.5) is 0 Å². The summed E-state index contributed by atoms with van der Waals surface area (Å²) in [6.07, 6.45) is 0.0304. The highest BCUT2D eigenvalue weighted by atomic mass is 32.1. The van der Waals surface area contributed by atoms with Crippen LogP contribution in [0.15, 0.2) is 11.4 Å². The van der Waals surface area contributed by atoms with Gasteiger partial charge >= 0.3 is 0 Å². The predicted octanol–water partition coefficient (Wildman–Crippen LogP) is 0.704. The summed E-state index contributed by atoms with van der Waals surface area (Å²) in [4.78, 5) is 15.0. The molecular formula is C15H19NO4S. The Kier molecular flexibility index (Phi) is 5.76. The maximum atomic E-state index is 12.5. The van der Waals surface area contributed by atoms with Crippen LogP contribution >= 0.6 is 11.3 Å². The quantitative estimate of drug-likeness (QED) is 0.807. The highest BCUT2D eigenvalue weighted by Crippen LogP contribution is 2.19. The molecule has 114 valence electrons. The summed E-state index contributed by atoms with van der Waals surface area (Å²) in [5.74, 6) is 5.70. The number of amides is 1. The summed E-state index contributed by atoms with van der Waals surface area (Å²) >= 11 is 1.42. The molecule has 1 saturated heterocycles. The number of nitrogens with zero attached hydrogens (tertiary/aromatic N) is 1. The van der Waals surface area contributed by atoms with E-state index in [-0.39, 0.29) is 31.3 Å². The van der Waals surface area contributed by atoms with Gasteiger partial charge in [0.05, 0.1) is 35.9 Å². The Balaban J connectivity index is 2.04. The fraction of sp³-hybridized carbons (Fsp3) is 0.533. The van der Waals surface area contributed by atoms with Crippen LogP contribution < -0.4 is 0 Å². The smallest absolute Gasteiger partial charge is 0.254 e. The topological polar surface area (TPSA) is 70.0 Å². The van der Waals surface area contributed by atoms with Gasteiger partial charge in [0.2, 0.25) is 0 Å². The zero-order chi connectivity index (χ0) is 15.2. The average molecular weight is 309 g/mol. The summed E-state index contributed by atoms with van der Waals surface area (Å²) in [6, 6.07) is 1.77. The molecule has 5 nitrogen and oxygen atoms in total. The molecule has 0 bridgehead atoms. The summed E-state index contributed by atoms with van der Waals surface area (Å²) < 4.78 is 5.54. The first kappa shape index (κ1) is 16.0. The monoisotopic (exact) mass is 309 g/mol. The Labute approximate surface area is 128 Å². The van der Waals surface area contributed by atoms with Crippen molar-refractivity contribution in [1.82, 2.24) is 4.90 Å². The van der Waals surface area contributed by atoms with Crippen LogP contribution in [-0.2, 0) is 4.74 Å². The lowest BCUT2D eigenvalue weighted by Gasteiger charge is -2.35. The van der Waals surface area contributed by atoms with E-state index in [1.54, 1.807) is 16.3 Å². The van der Waals surface area contributed by atoms with Gasteiger partial charge in [-0.25, -0.2) is 0 Å². The van der Waals surface area contributed by atoms with Crippen molar-refractivity contribution in [2.45, 2.75) is 25.6 Å². The molecule has 0 radical (unpaired) electrons. The second-order valence-electron chi connectivity index (χ2n) is 4.94. The number of hydrogen-bond acceptors (Lipinski definition) is 5. The Morgan fingerprint density at radius 3 is 3.05 bits per heavy atom.